The molecule has 0 saturated heterocycles. The van der Waals surface area contributed by atoms with E-state index in [4.69, 9.17) is 5.11 Å². The van der Waals surface area contributed by atoms with Crippen LogP contribution in [0, 0.1) is 28.8 Å². The number of hydrogen-bond acceptors (Lipinski definition) is 3. The maximum absolute atomic E-state index is 15.7. The maximum Gasteiger partial charge on any atom is 0.374 e. The van der Waals surface area contributed by atoms with Crippen LogP contribution in [0.25, 0.3) is 27.5 Å². The summed E-state index contributed by atoms with van der Waals surface area (Å²) in [7, 11) is 0. The molecule has 2 N–H and O–H groups in total. The van der Waals surface area contributed by atoms with Crippen LogP contribution < -0.4 is 0 Å². The molecule has 0 aliphatic heterocycles. The second-order valence-electron chi connectivity index (χ2n) is 8.59. The van der Waals surface area contributed by atoms with Crippen LogP contribution >= 0.6 is 0 Å². The summed E-state index contributed by atoms with van der Waals surface area (Å²) in [6.07, 6.45) is -0.317. The molecule has 0 spiro atoms. The van der Waals surface area contributed by atoms with Gasteiger partial charge in [0.2, 0.25) is 0 Å². The van der Waals surface area contributed by atoms with E-state index < -0.39 is 41.2 Å². The van der Waals surface area contributed by atoms with E-state index >= 15 is 4.39 Å². The average molecular weight is 476 g/mol. The van der Waals surface area contributed by atoms with E-state index in [0.717, 1.165) is 12.1 Å². The smallest absolute Gasteiger partial charge is 0.374 e. The normalized spacial score (nSPS) is 12.4. The van der Waals surface area contributed by atoms with E-state index in [2.05, 4.69) is 10.2 Å². The van der Waals surface area contributed by atoms with Gasteiger partial charge in [0.05, 0.1) is 24.2 Å². The molecule has 4 aromatic rings. The Bertz CT molecular complexity index is 1500. The summed E-state index contributed by atoms with van der Waals surface area (Å²) in [5.74, 6) is -10.0. The number of carboxylic acid groups (broad SMARTS) is 1. The molecule has 0 atom stereocenters. The minimum absolute atomic E-state index is 0.00890. The van der Waals surface area contributed by atoms with Crippen molar-refractivity contribution in [2.45, 2.75) is 38.0 Å². The monoisotopic (exact) mass is 476 g/mol. The first-order chi connectivity index (χ1) is 15.9. The van der Waals surface area contributed by atoms with Crippen molar-refractivity contribution in [2.75, 3.05) is 0 Å². The van der Waals surface area contributed by atoms with Gasteiger partial charge in [0, 0.05) is 40.1 Å². The van der Waals surface area contributed by atoms with Gasteiger partial charge in [0.1, 0.15) is 5.52 Å². The van der Waals surface area contributed by atoms with E-state index in [9.17, 15) is 27.6 Å². The third-order valence-corrected chi connectivity index (χ3v) is 5.74. The number of aromatic amines is 1. The topological polar surface area (TPSA) is 94.7 Å². The van der Waals surface area contributed by atoms with Gasteiger partial charge in [-0.25, -0.2) is 18.0 Å². The Morgan fingerprint density at radius 1 is 1.21 bits per heavy atom. The van der Waals surface area contributed by atoms with Gasteiger partial charge in [-0.3, -0.25) is 5.10 Å². The zero-order chi connectivity index (χ0) is 25.0. The number of hydrogen-bond donors (Lipinski definition) is 2. The molecule has 2 heterocycles. The largest absolute Gasteiger partial charge is 0.477 e. The van der Waals surface area contributed by atoms with Crippen LogP contribution in [0.2, 0.25) is 0 Å². The molecule has 11 heteroatoms. The zero-order valence-electron chi connectivity index (χ0n) is 17.9. The van der Waals surface area contributed by atoms with E-state index in [1.807, 2.05) is 6.07 Å². The lowest BCUT2D eigenvalue weighted by molar-refractivity contribution is -0.164. The molecular weight excluding hydrogens is 459 g/mol. The van der Waals surface area contributed by atoms with Crippen LogP contribution in [0.1, 0.15) is 31.5 Å². The third kappa shape index (κ3) is 3.55. The van der Waals surface area contributed by atoms with Gasteiger partial charge < -0.3 is 9.67 Å². The quantitative estimate of drug-likeness (QED) is 0.366. The van der Waals surface area contributed by atoms with Crippen molar-refractivity contribution in [3.8, 4) is 11.8 Å². The summed E-state index contributed by atoms with van der Waals surface area (Å²) < 4.78 is 73.8. The van der Waals surface area contributed by atoms with Crippen LogP contribution in [0.4, 0.5) is 22.0 Å². The van der Waals surface area contributed by atoms with Gasteiger partial charge in [-0.15, -0.1) is 0 Å². The summed E-state index contributed by atoms with van der Waals surface area (Å²) in [4.78, 5) is 11.3. The molecule has 0 amide bonds. The lowest BCUT2D eigenvalue weighted by Gasteiger charge is -2.27. The summed E-state index contributed by atoms with van der Waals surface area (Å²) in [5.41, 5.74) is -1.70. The van der Waals surface area contributed by atoms with Gasteiger partial charge >= 0.3 is 11.9 Å². The number of benzene rings is 2. The molecule has 0 fully saturated rings. The molecule has 2 aromatic carbocycles. The fraction of sp³-hybridized carbons (Fsp3) is 0.261. The number of nitriles is 1. The number of rotatable bonds is 6. The number of aromatic nitrogens is 3. The van der Waals surface area contributed by atoms with E-state index in [0.29, 0.717) is 0 Å². The van der Waals surface area contributed by atoms with E-state index in [-0.39, 0.29) is 45.2 Å². The van der Waals surface area contributed by atoms with Gasteiger partial charge in [0.25, 0.3) is 0 Å². The van der Waals surface area contributed by atoms with Crippen molar-refractivity contribution < 1.29 is 31.9 Å². The first kappa shape index (κ1) is 23.2. The summed E-state index contributed by atoms with van der Waals surface area (Å²) in [6.45, 7) is 3.07. The Kier molecular flexibility index (Phi) is 5.35. The highest BCUT2D eigenvalue weighted by atomic mass is 19.3. The molecule has 4 rings (SSSR count). The van der Waals surface area contributed by atoms with Crippen LogP contribution in [0.3, 0.4) is 0 Å². The number of nitrogens with zero attached hydrogens (tertiary/aromatic N) is 3. The van der Waals surface area contributed by atoms with Gasteiger partial charge in [-0.2, -0.15) is 19.1 Å². The number of halogens is 5. The summed E-state index contributed by atoms with van der Waals surface area (Å²) in [5, 5.41) is 24.6. The Hall–Kier alpha value is -3.94. The molecule has 6 nitrogen and oxygen atoms in total. The number of carboxylic acids is 1. The Morgan fingerprint density at radius 3 is 2.53 bits per heavy atom. The number of carbonyl (C=O) groups is 1. The lowest BCUT2D eigenvalue weighted by Crippen LogP contribution is -2.32. The van der Waals surface area contributed by atoms with Crippen molar-refractivity contribution in [1.82, 2.24) is 14.8 Å². The Balaban J connectivity index is 2.24. The number of alkyl halides is 2. The van der Waals surface area contributed by atoms with Crippen LogP contribution in [0.15, 0.2) is 30.5 Å². The molecular formula is C23H17F5N4O2. The summed E-state index contributed by atoms with van der Waals surface area (Å²) in [6, 6.07) is 6.19. The molecule has 0 aliphatic rings. The Morgan fingerprint density at radius 2 is 1.91 bits per heavy atom. The van der Waals surface area contributed by atoms with Crippen molar-refractivity contribution in [2.24, 2.45) is 0 Å². The third-order valence-electron chi connectivity index (χ3n) is 5.74. The van der Waals surface area contributed by atoms with Gasteiger partial charge in [-0.05, 0) is 23.8 Å². The minimum Gasteiger partial charge on any atom is -0.477 e. The highest BCUT2D eigenvalue weighted by Crippen LogP contribution is 2.43. The molecule has 2 aromatic heterocycles. The van der Waals surface area contributed by atoms with Crippen LogP contribution in [-0.2, 0) is 16.6 Å². The number of H-pyrrole nitrogens is 1. The standard InChI is InChI=1S/C23H17F5N4O2/c1-22(2,5-6-29)20-13(9-23(27,28)21(33)34)17-16(7-11-10-30-31-19(11)18(17)26)32(20)12-3-4-14(24)15(25)8-12/h3-4,7-8,10H,5,9H2,1-2H3,(H,30,31)(H,33,34). The second-order valence-corrected chi connectivity index (χ2v) is 8.59. The zero-order valence-corrected chi connectivity index (χ0v) is 17.9. The maximum atomic E-state index is 15.7. The molecule has 0 bridgehead atoms. The summed E-state index contributed by atoms with van der Waals surface area (Å²) >= 11 is 0. The highest BCUT2D eigenvalue weighted by Gasteiger charge is 2.43. The predicted molar refractivity (Wildman–Crippen MR) is 112 cm³/mol. The van der Waals surface area contributed by atoms with Crippen molar-refractivity contribution in [1.29, 1.82) is 5.26 Å². The number of fused-ring (bicyclic) bond motifs is 2. The van der Waals surface area contributed by atoms with Crippen LogP contribution in [0.5, 0.6) is 0 Å². The van der Waals surface area contributed by atoms with Crippen molar-refractivity contribution in [3.63, 3.8) is 0 Å². The highest BCUT2D eigenvalue weighted by molar-refractivity contribution is 6.00. The molecule has 0 radical (unpaired) electrons. The molecule has 0 saturated carbocycles. The fourth-order valence-electron chi connectivity index (χ4n) is 4.23. The predicted octanol–water partition coefficient (Wildman–Crippen LogP) is 5.38. The van der Waals surface area contributed by atoms with Crippen molar-refractivity contribution >= 4 is 27.8 Å². The fourth-order valence-corrected chi connectivity index (χ4v) is 4.23. The number of nitrogens with one attached hydrogen (secondary N) is 1. The SMILES string of the molecule is CC(C)(CC#N)c1c(CC(F)(F)C(=O)O)c2c(F)c3[nH]ncc3cc2n1-c1ccc(F)c(F)c1. The Labute approximate surface area is 189 Å². The van der Waals surface area contributed by atoms with Gasteiger partial charge in [-0.1, -0.05) is 13.8 Å². The average Bonchev–Trinajstić information content (AvgIpc) is 3.33. The molecule has 0 aliphatic carbocycles. The first-order valence-electron chi connectivity index (χ1n) is 10.0. The number of aliphatic carboxylic acids is 1. The lowest BCUT2D eigenvalue weighted by atomic mass is 9.82. The second kappa shape index (κ2) is 7.83. The minimum atomic E-state index is -4.28. The van der Waals surface area contributed by atoms with E-state index in [1.165, 1.54) is 36.7 Å². The van der Waals surface area contributed by atoms with E-state index in [1.54, 1.807) is 0 Å². The molecule has 0 unspecified atom stereocenters. The van der Waals surface area contributed by atoms with Crippen LogP contribution in [-0.4, -0.2) is 31.8 Å². The molecule has 176 valence electrons. The van der Waals surface area contributed by atoms with Gasteiger partial charge in [0.15, 0.2) is 17.5 Å². The van der Waals surface area contributed by atoms with Crippen molar-refractivity contribution in [3.05, 3.63) is 59.2 Å². The molecule has 34 heavy (non-hydrogen) atoms. The first-order valence-corrected chi connectivity index (χ1v) is 10.0.